The molecule has 0 radical (unpaired) electrons. The number of benzene rings is 2. The molecule has 0 saturated carbocycles. The van der Waals surface area contributed by atoms with E-state index in [1.807, 2.05) is 0 Å². The maximum absolute atomic E-state index is 13.9. The molecular weight excluding hydrogens is 399 g/mol. The van der Waals surface area contributed by atoms with E-state index >= 15 is 0 Å². The van der Waals surface area contributed by atoms with Gasteiger partial charge in [-0.15, -0.1) is 0 Å². The van der Waals surface area contributed by atoms with Gasteiger partial charge in [0.2, 0.25) is 17.7 Å². The summed E-state index contributed by atoms with van der Waals surface area (Å²) in [6.45, 7) is 0.245. The molecule has 1 aliphatic rings. The van der Waals surface area contributed by atoms with Gasteiger partial charge in [0, 0.05) is 31.4 Å². The maximum Gasteiger partial charge on any atom is 0.229 e. The first kappa shape index (κ1) is 20.5. The second-order valence-electron chi connectivity index (χ2n) is 7.36. The zero-order valence-electron chi connectivity index (χ0n) is 16.8. The van der Waals surface area contributed by atoms with Crippen molar-refractivity contribution in [2.75, 3.05) is 5.32 Å². The number of carbonyl (C=O) groups excluding carboxylic acids is 3. The van der Waals surface area contributed by atoms with E-state index in [4.69, 9.17) is 4.42 Å². The number of furan rings is 1. The van der Waals surface area contributed by atoms with Crippen LogP contribution in [0.2, 0.25) is 0 Å². The minimum absolute atomic E-state index is 0.154. The lowest BCUT2D eigenvalue weighted by Crippen LogP contribution is -2.28. The zero-order valence-corrected chi connectivity index (χ0v) is 16.8. The van der Waals surface area contributed by atoms with Gasteiger partial charge in [-0.3, -0.25) is 19.3 Å². The Morgan fingerprint density at radius 3 is 2.39 bits per heavy atom. The quantitative estimate of drug-likeness (QED) is 0.578. The Kier molecular flexibility index (Phi) is 5.93. The lowest BCUT2D eigenvalue weighted by Gasteiger charge is -2.14. The highest BCUT2D eigenvalue weighted by atomic mass is 19.1. The number of likely N-dealkylation sites (tertiary alicyclic amines) is 1. The van der Waals surface area contributed by atoms with Gasteiger partial charge in [-0.2, -0.15) is 0 Å². The standard InChI is InChI=1S/C24H21FN2O4/c25-20-4-2-1-3-19(20)21-11-9-18(31-21)10-12-22(28)26-17-7-5-16(6-8-17)15-27-23(29)13-14-24(27)30/h1-9,11H,10,12-15H2,(H,26,28). The van der Waals surface area contributed by atoms with Gasteiger partial charge in [-0.1, -0.05) is 24.3 Å². The molecule has 158 valence electrons. The molecule has 4 rings (SSSR count). The fraction of sp³-hybridized carbons (Fsp3) is 0.208. The van der Waals surface area contributed by atoms with Crippen LogP contribution in [0.1, 0.15) is 30.6 Å². The van der Waals surface area contributed by atoms with E-state index in [-0.39, 0.29) is 49.3 Å². The number of halogens is 1. The summed E-state index contributed by atoms with van der Waals surface area (Å²) >= 11 is 0. The average molecular weight is 420 g/mol. The van der Waals surface area contributed by atoms with Crippen LogP contribution in [0.3, 0.4) is 0 Å². The molecule has 7 heteroatoms. The van der Waals surface area contributed by atoms with Crippen molar-refractivity contribution in [3.05, 3.63) is 77.8 Å². The lowest BCUT2D eigenvalue weighted by molar-refractivity contribution is -0.139. The molecular formula is C24H21FN2O4. The van der Waals surface area contributed by atoms with Gasteiger partial charge in [0.15, 0.2) is 0 Å². The molecule has 1 aliphatic heterocycles. The number of nitrogens with one attached hydrogen (secondary N) is 1. The van der Waals surface area contributed by atoms with Crippen molar-refractivity contribution < 1.29 is 23.2 Å². The summed E-state index contributed by atoms with van der Waals surface area (Å²) in [5.74, 6) is 0.184. The van der Waals surface area contributed by atoms with Crippen molar-refractivity contribution in [3.8, 4) is 11.3 Å². The molecule has 2 aromatic carbocycles. The van der Waals surface area contributed by atoms with Gasteiger partial charge >= 0.3 is 0 Å². The van der Waals surface area contributed by atoms with Gasteiger partial charge < -0.3 is 9.73 Å². The first-order valence-electron chi connectivity index (χ1n) is 10.1. The topological polar surface area (TPSA) is 79.6 Å². The molecule has 3 amide bonds. The highest BCUT2D eigenvalue weighted by Crippen LogP contribution is 2.25. The van der Waals surface area contributed by atoms with E-state index in [0.29, 0.717) is 29.2 Å². The number of imide groups is 1. The minimum Gasteiger partial charge on any atom is -0.461 e. The molecule has 0 spiro atoms. The molecule has 0 atom stereocenters. The first-order valence-corrected chi connectivity index (χ1v) is 10.1. The summed E-state index contributed by atoms with van der Waals surface area (Å²) in [6.07, 6.45) is 1.13. The van der Waals surface area contributed by atoms with Gasteiger partial charge in [0.1, 0.15) is 17.3 Å². The summed E-state index contributed by atoms with van der Waals surface area (Å²) in [4.78, 5) is 36.9. The second-order valence-corrected chi connectivity index (χ2v) is 7.36. The molecule has 0 bridgehead atoms. The van der Waals surface area contributed by atoms with Gasteiger partial charge in [0.25, 0.3) is 0 Å². The molecule has 0 unspecified atom stereocenters. The summed E-state index contributed by atoms with van der Waals surface area (Å²) in [5.41, 5.74) is 1.83. The third-order valence-electron chi connectivity index (χ3n) is 5.13. The van der Waals surface area contributed by atoms with E-state index in [2.05, 4.69) is 5.32 Å². The Hall–Kier alpha value is -3.74. The monoisotopic (exact) mass is 420 g/mol. The van der Waals surface area contributed by atoms with E-state index in [0.717, 1.165) is 5.56 Å². The van der Waals surface area contributed by atoms with Crippen LogP contribution in [-0.4, -0.2) is 22.6 Å². The fourth-order valence-corrected chi connectivity index (χ4v) is 3.45. The number of amides is 3. The maximum atomic E-state index is 13.9. The smallest absolute Gasteiger partial charge is 0.229 e. The molecule has 3 aromatic rings. The molecule has 1 N–H and O–H groups in total. The SMILES string of the molecule is O=C(CCc1ccc(-c2ccccc2F)o1)Nc1ccc(CN2C(=O)CCC2=O)cc1. The van der Waals surface area contributed by atoms with Crippen LogP contribution in [0.5, 0.6) is 0 Å². The van der Waals surface area contributed by atoms with Crippen LogP contribution in [0.4, 0.5) is 10.1 Å². The molecule has 31 heavy (non-hydrogen) atoms. The third-order valence-corrected chi connectivity index (χ3v) is 5.13. The number of rotatable bonds is 7. The van der Waals surface area contributed by atoms with Crippen LogP contribution < -0.4 is 5.32 Å². The summed E-state index contributed by atoms with van der Waals surface area (Å²) < 4.78 is 19.5. The predicted molar refractivity (Wildman–Crippen MR) is 112 cm³/mol. The minimum atomic E-state index is -0.358. The predicted octanol–water partition coefficient (Wildman–Crippen LogP) is 4.31. The number of nitrogens with zero attached hydrogens (tertiary/aromatic N) is 1. The van der Waals surface area contributed by atoms with E-state index in [9.17, 15) is 18.8 Å². The highest BCUT2D eigenvalue weighted by Gasteiger charge is 2.28. The number of carbonyl (C=O) groups is 3. The lowest BCUT2D eigenvalue weighted by atomic mass is 10.1. The van der Waals surface area contributed by atoms with Gasteiger partial charge in [-0.05, 0) is 42.0 Å². The van der Waals surface area contributed by atoms with Crippen molar-refractivity contribution in [1.29, 1.82) is 0 Å². The Labute approximate surface area is 178 Å². The Bertz CT molecular complexity index is 1100. The van der Waals surface area contributed by atoms with Crippen molar-refractivity contribution in [2.45, 2.75) is 32.2 Å². The van der Waals surface area contributed by atoms with Crippen molar-refractivity contribution in [3.63, 3.8) is 0 Å². The van der Waals surface area contributed by atoms with Crippen LogP contribution in [0, 0.1) is 5.82 Å². The van der Waals surface area contributed by atoms with Crippen LogP contribution >= 0.6 is 0 Å². The molecule has 6 nitrogen and oxygen atoms in total. The van der Waals surface area contributed by atoms with Crippen LogP contribution in [0.25, 0.3) is 11.3 Å². The molecule has 1 aromatic heterocycles. The number of hydrogen-bond acceptors (Lipinski definition) is 4. The Morgan fingerprint density at radius 2 is 1.68 bits per heavy atom. The Balaban J connectivity index is 1.29. The number of aryl methyl sites for hydroxylation is 1. The summed E-state index contributed by atoms with van der Waals surface area (Å²) in [5, 5.41) is 2.81. The van der Waals surface area contributed by atoms with E-state index < -0.39 is 0 Å². The van der Waals surface area contributed by atoms with Gasteiger partial charge in [-0.25, -0.2) is 4.39 Å². The van der Waals surface area contributed by atoms with E-state index in [1.54, 1.807) is 54.6 Å². The molecule has 0 aliphatic carbocycles. The largest absolute Gasteiger partial charge is 0.461 e. The van der Waals surface area contributed by atoms with Crippen LogP contribution in [0.15, 0.2) is 65.1 Å². The summed E-state index contributed by atoms with van der Waals surface area (Å²) in [6, 6.07) is 16.8. The number of anilines is 1. The van der Waals surface area contributed by atoms with Crippen molar-refractivity contribution >= 4 is 23.4 Å². The zero-order chi connectivity index (χ0) is 21.8. The average Bonchev–Trinajstić information content (AvgIpc) is 3.36. The van der Waals surface area contributed by atoms with Crippen molar-refractivity contribution in [2.24, 2.45) is 0 Å². The van der Waals surface area contributed by atoms with Crippen molar-refractivity contribution in [1.82, 2.24) is 4.90 Å². The second kappa shape index (κ2) is 8.95. The highest BCUT2D eigenvalue weighted by molar-refractivity contribution is 6.01. The molecule has 2 heterocycles. The van der Waals surface area contributed by atoms with Gasteiger partial charge in [0.05, 0.1) is 12.1 Å². The van der Waals surface area contributed by atoms with E-state index in [1.165, 1.54) is 11.0 Å². The third kappa shape index (κ3) is 4.88. The van der Waals surface area contributed by atoms with Crippen LogP contribution in [-0.2, 0) is 27.3 Å². The first-order chi connectivity index (χ1) is 15.0. The number of hydrogen-bond donors (Lipinski definition) is 1. The molecule has 1 fully saturated rings. The normalized spacial score (nSPS) is 13.6. The fourth-order valence-electron chi connectivity index (χ4n) is 3.45. The Morgan fingerprint density at radius 1 is 0.968 bits per heavy atom. The summed E-state index contributed by atoms with van der Waals surface area (Å²) in [7, 11) is 0. The molecule has 1 saturated heterocycles.